The molecule has 0 aromatic heterocycles. The van der Waals surface area contributed by atoms with Gasteiger partial charge in [0.05, 0.1) is 12.6 Å². The number of hydrogen-bond acceptors (Lipinski definition) is 4. The van der Waals surface area contributed by atoms with Crippen molar-refractivity contribution in [2.75, 3.05) is 26.2 Å². The lowest BCUT2D eigenvalue weighted by Crippen LogP contribution is -2.56. The van der Waals surface area contributed by atoms with Crippen molar-refractivity contribution in [3.05, 3.63) is 0 Å². The van der Waals surface area contributed by atoms with E-state index < -0.39 is 18.1 Å². The first kappa shape index (κ1) is 15.8. The molecule has 0 aliphatic carbocycles. The van der Waals surface area contributed by atoms with Crippen LogP contribution in [0.1, 0.15) is 26.7 Å². The first-order valence-electron chi connectivity index (χ1n) is 7.44. The van der Waals surface area contributed by atoms with Crippen LogP contribution in [0, 0.1) is 5.92 Å². The van der Waals surface area contributed by atoms with Gasteiger partial charge in [0.1, 0.15) is 6.04 Å². The van der Waals surface area contributed by atoms with Gasteiger partial charge in [-0.25, -0.2) is 0 Å². The van der Waals surface area contributed by atoms with Crippen molar-refractivity contribution in [3.63, 3.8) is 0 Å². The van der Waals surface area contributed by atoms with Gasteiger partial charge in [-0.2, -0.15) is 0 Å². The van der Waals surface area contributed by atoms with E-state index in [0.717, 1.165) is 0 Å². The summed E-state index contributed by atoms with van der Waals surface area (Å²) >= 11 is 0. The Kier molecular flexibility index (Phi) is 4.82. The summed E-state index contributed by atoms with van der Waals surface area (Å²) in [5, 5.41) is 11.8. The van der Waals surface area contributed by atoms with E-state index >= 15 is 0 Å². The standard InChI is InChI=1S/C14H23N3O4/c1-9(2)7-16-5-6-17(8-12(16)18)13(19)10-3-4-11(15-10)14(20)21/h9-11,15H,3-8H2,1-2H3,(H,20,21)/t10-,11+/m1/s1. The Balaban J connectivity index is 1.88. The molecule has 2 fully saturated rings. The number of nitrogens with one attached hydrogen (secondary N) is 1. The lowest BCUT2D eigenvalue weighted by Gasteiger charge is -2.36. The molecule has 0 radical (unpaired) electrons. The molecule has 2 saturated heterocycles. The highest BCUT2D eigenvalue weighted by Crippen LogP contribution is 2.16. The molecule has 118 valence electrons. The fourth-order valence-electron chi connectivity index (χ4n) is 2.88. The Labute approximate surface area is 124 Å². The van der Waals surface area contributed by atoms with Crippen molar-refractivity contribution in [2.45, 2.75) is 38.8 Å². The molecule has 0 spiro atoms. The minimum absolute atomic E-state index is 0.0314. The number of piperazine rings is 1. The van der Waals surface area contributed by atoms with Gasteiger partial charge in [-0.3, -0.25) is 19.7 Å². The third-order valence-electron chi connectivity index (χ3n) is 3.96. The fourth-order valence-corrected chi connectivity index (χ4v) is 2.88. The average Bonchev–Trinajstić information content (AvgIpc) is 2.89. The molecule has 0 aromatic rings. The van der Waals surface area contributed by atoms with Gasteiger partial charge >= 0.3 is 5.97 Å². The van der Waals surface area contributed by atoms with Crippen LogP contribution < -0.4 is 5.32 Å². The maximum Gasteiger partial charge on any atom is 0.320 e. The minimum atomic E-state index is -0.928. The predicted molar refractivity (Wildman–Crippen MR) is 75.6 cm³/mol. The number of hydrogen-bond donors (Lipinski definition) is 2. The van der Waals surface area contributed by atoms with Crippen molar-refractivity contribution in [2.24, 2.45) is 5.92 Å². The van der Waals surface area contributed by atoms with Gasteiger partial charge in [0.15, 0.2) is 0 Å². The molecule has 7 nitrogen and oxygen atoms in total. The molecule has 2 atom stereocenters. The largest absolute Gasteiger partial charge is 0.480 e. The van der Waals surface area contributed by atoms with Crippen LogP contribution in [0.4, 0.5) is 0 Å². The fraction of sp³-hybridized carbons (Fsp3) is 0.786. The van der Waals surface area contributed by atoms with Gasteiger partial charge < -0.3 is 14.9 Å². The van der Waals surface area contributed by atoms with Gasteiger partial charge in [-0.15, -0.1) is 0 Å². The number of carbonyl (C=O) groups excluding carboxylic acids is 2. The Hall–Kier alpha value is -1.63. The van der Waals surface area contributed by atoms with Gasteiger partial charge in [0.25, 0.3) is 0 Å². The number of carbonyl (C=O) groups is 3. The third-order valence-corrected chi connectivity index (χ3v) is 3.96. The van der Waals surface area contributed by atoms with Gasteiger partial charge in [0, 0.05) is 19.6 Å². The van der Waals surface area contributed by atoms with Gasteiger partial charge in [-0.05, 0) is 18.8 Å². The van der Waals surface area contributed by atoms with Crippen LogP contribution in [0.2, 0.25) is 0 Å². The highest BCUT2D eigenvalue weighted by Gasteiger charge is 2.37. The third kappa shape index (κ3) is 3.72. The van der Waals surface area contributed by atoms with E-state index in [1.54, 1.807) is 9.80 Å². The SMILES string of the molecule is CC(C)CN1CCN(C(=O)[C@H]2CC[C@@H](C(=O)O)N2)CC1=O. The normalized spacial score (nSPS) is 26.5. The van der Waals surface area contributed by atoms with E-state index in [9.17, 15) is 14.4 Å². The molecule has 2 aliphatic rings. The summed E-state index contributed by atoms with van der Waals surface area (Å²) in [5.41, 5.74) is 0. The summed E-state index contributed by atoms with van der Waals surface area (Å²) in [4.78, 5) is 38.6. The summed E-state index contributed by atoms with van der Waals surface area (Å²) in [5.74, 6) is -0.709. The van der Waals surface area contributed by atoms with Gasteiger partial charge in [0.2, 0.25) is 11.8 Å². The van der Waals surface area contributed by atoms with E-state index in [4.69, 9.17) is 5.11 Å². The van der Waals surface area contributed by atoms with Crippen molar-refractivity contribution in [1.82, 2.24) is 15.1 Å². The zero-order chi connectivity index (χ0) is 15.6. The second-order valence-electron chi connectivity index (χ2n) is 6.18. The quantitative estimate of drug-likeness (QED) is 0.731. The number of carboxylic acids is 1. The molecular weight excluding hydrogens is 274 g/mol. The smallest absolute Gasteiger partial charge is 0.320 e. The predicted octanol–water partition coefficient (Wildman–Crippen LogP) is -0.482. The maximum atomic E-state index is 12.3. The molecule has 0 aromatic carbocycles. The molecule has 0 saturated carbocycles. The molecule has 0 unspecified atom stereocenters. The zero-order valence-electron chi connectivity index (χ0n) is 12.5. The van der Waals surface area contributed by atoms with E-state index in [1.807, 2.05) is 0 Å². The molecule has 2 amide bonds. The second kappa shape index (κ2) is 6.43. The number of carboxylic acid groups (broad SMARTS) is 1. The first-order valence-corrected chi connectivity index (χ1v) is 7.44. The van der Waals surface area contributed by atoms with Crippen molar-refractivity contribution >= 4 is 17.8 Å². The number of aliphatic carboxylic acids is 1. The Morgan fingerprint density at radius 2 is 1.95 bits per heavy atom. The first-order chi connectivity index (χ1) is 9.88. The Morgan fingerprint density at radius 1 is 1.29 bits per heavy atom. The average molecular weight is 297 g/mol. The lowest BCUT2D eigenvalue weighted by atomic mass is 10.1. The topological polar surface area (TPSA) is 90.0 Å². The van der Waals surface area contributed by atoms with E-state index in [1.165, 1.54) is 0 Å². The minimum Gasteiger partial charge on any atom is -0.480 e. The maximum absolute atomic E-state index is 12.3. The van der Waals surface area contributed by atoms with Crippen molar-refractivity contribution in [1.29, 1.82) is 0 Å². The number of nitrogens with zero attached hydrogens (tertiary/aromatic N) is 2. The summed E-state index contributed by atoms with van der Waals surface area (Å²) in [7, 11) is 0. The summed E-state index contributed by atoms with van der Waals surface area (Å²) in [6, 6.07) is -1.13. The number of amides is 2. The van der Waals surface area contributed by atoms with Crippen LogP contribution in [0.15, 0.2) is 0 Å². The Morgan fingerprint density at radius 3 is 2.48 bits per heavy atom. The molecule has 0 bridgehead atoms. The Bertz CT molecular complexity index is 438. The van der Waals surface area contributed by atoms with Crippen LogP contribution in [0.5, 0.6) is 0 Å². The van der Waals surface area contributed by atoms with Gasteiger partial charge in [-0.1, -0.05) is 13.8 Å². The second-order valence-corrected chi connectivity index (χ2v) is 6.18. The molecular formula is C14H23N3O4. The highest BCUT2D eigenvalue weighted by molar-refractivity contribution is 5.89. The molecule has 7 heteroatoms. The monoisotopic (exact) mass is 297 g/mol. The number of rotatable bonds is 4. The van der Waals surface area contributed by atoms with Crippen molar-refractivity contribution < 1.29 is 19.5 Å². The molecule has 2 heterocycles. The summed E-state index contributed by atoms with van der Waals surface area (Å²) < 4.78 is 0. The van der Waals surface area contributed by atoms with Crippen LogP contribution in [-0.4, -0.2) is 71.0 Å². The highest BCUT2D eigenvalue weighted by atomic mass is 16.4. The lowest BCUT2D eigenvalue weighted by molar-refractivity contribution is -0.146. The zero-order valence-corrected chi connectivity index (χ0v) is 12.5. The molecule has 21 heavy (non-hydrogen) atoms. The van der Waals surface area contributed by atoms with Crippen LogP contribution in [-0.2, 0) is 14.4 Å². The summed E-state index contributed by atoms with van der Waals surface area (Å²) in [6.45, 7) is 5.99. The van der Waals surface area contributed by atoms with E-state index in [2.05, 4.69) is 19.2 Å². The summed E-state index contributed by atoms with van der Waals surface area (Å²) in [6.07, 6.45) is 0.962. The van der Waals surface area contributed by atoms with Crippen LogP contribution in [0.25, 0.3) is 0 Å². The van der Waals surface area contributed by atoms with Crippen molar-refractivity contribution in [3.8, 4) is 0 Å². The van der Waals surface area contributed by atoms with E-state index in [-0.39, 0.29) is 18.4 Å². The van der Waals surface area contributed by atoms with Crippen LogP contribution >= 0.6 is 0 Å². The van der Waals surface area contributed by atoms with E-state index in [0.29, 0.717) is 38.4 Å². The molecule has 2 N–H and O–H groups in total. The molecule has 2 aliphatic heterocycles. The molecule has 2 rings (SSSR count). The van der Waals surface area contributed by atoms with Crippen LogP contribution in [0.3, 0.4) is 0 Å².